The van der Waals surface area contributed by atoms with Gasteiger partial charge in [-0.3, -0.25) is 9.67 Å². The normalized spacial score (nSPS) is 20.1. The van der Waals surface area contributed by atoms with E-state index in [-0.39, 0.29) is 17.8 Å². The van der Waals surface area contributed by atoms with Crippen molar-refractivity contribution in [1.82, 2.24) is 14.7 Å². The third kappa shape index (κ3) is 6.15. The zero-order chi connectivity index (χ0) is 22.8. The Labute approximate surface area is 184 Å². The van der Waals surface area contributed by atoms with E-state index >= 15 is 0 Å². The molecule has 7 heteroatoms. The Balaban J connectivity index is 0.000000513. The summed E-state index contributed by atoms with van der Waals surface area (Å²) in [5.41, 5.74) is 6.54. The van der Waals surface area contributed by atoms with Crippen LogP contribution >= 0.6 is 0 Å². The number of halogens is 2. The summed E-state index contributed by atoms with van der Waals surface area (Å²) in [5.74, 6) is 0. The van der Waals surface area contributed by atoms with Crippen LogP contribution in [0.5, 0.6) is 0 Å². The van der Waals surface area contributed by atoms with Gasteiger partial charge in [0, 0.05) is 36.8 Å². The average Bonchev–Trinajstić information content (AvgIpc) is 3.22. The minimum Gasteiger partial charge on any atom is -0.405 e. The van der Waals surface area contributed by atoms with Crippen LogP contribution in [0, 0.1) is 0 Å². The minimum atomic E-state index is -2.59. The number of alkyl halides is 2. The number of rotatable bonds is 3. The Morgan fingerprint density at radius 3 is 2.52 bits per heavy atom. The van der Waals surface area contributed by atoms with Crippen LogP contribution in [-0.2, 0) is 0 Å². The first-order chi connectivity index (χ1) is 15.0. The summed E-state index contributed by atoms with van der Waals surface area (Å²) in [6, 6.07) is 0.208. The maximum atomic E-state index is 13.7. The van der Waals surface area contributed by atoms with Gasteiger partial charge in [0.25, 0.3) is 6.43 Å². The first kappa shape index (κ1) is 24.6. The standard InChI is InChI=1S/C19H22F2N4.C3H8.C2H5N/c1-24-11-9-14(17-16(24)8-5-10-22-17)15-12-25(23-18(15)19(20)21)13-6-3-2-4-7-13;1-3-2;1-2-3/h5,8-13,16,19H,2-4,6-7H2,1H3;3H2,1-2H3;2H,1,3H2. The van der Waals surface area contributed by atoms with Gasteiger partial charge in [0.2, 0.25) is 0 Å². The van der Waals surface area contributed by atoms with Crippen molar-refractivity contribution in [2.75, 3.05) is 7.05 Å². The van der Waals surface area contributed by atoms with Crippen molar-refractivity contribution in [3.63, 3.8) is 0 Å². The molecular weight excluding hydrogens is 396 g/mol. The molecule has 3 heterocycles. The first-order valence-corrected chi connectivity index (χ1v) is 11.0. The van der Waals surface area contributed by atoms with E-state index in [4.69, 9.17) is 0 Å². The number of hydrogen-bond acceptors (Lipinski definition) is 4. The Kier molecular flexibility index (Phi) is 9.69. The number of dihydropyridines is 1. The Morgan fingerprint density at radius 2 is 1.90 bits per heavy atom. The summed E-state index contributed by atoms with van der Waals surface area (Å²) < 4.78 is 29.1. The van der Waals surface area contributed by atoms with Crippen LogP contribution in [0.4, 0.5) is 8.78 Å². The van der Waals surface area contributed by atoms with Crippen LogP contribution in [0.25, 0.3) is 5.57 Å². The van der Waals surface area contributed by atoms with Gasteiger partial charge in [0.05, 0.1) is 17.8 Å². The van der Waals surface area contributed by atoms with Crippen molar-refractivity contribution in [2.45, 2.75) is 70.9 Å². The third-order valence-electron chi connectivity index (χ3n) is 5.27. The van der Waals surface area contributed by atoms with Gasteiger partial charge in [0.1, 0.15) is 5.69 Å². The zero-order valence-corrected chi connectivity index (χ0v) is 18.8. The van der Waals surface area contributed by atoms with Gasteiger partial charge >= 0.3 is 0 Å². The van der Waals surface area contributed by atoms with Gasteiger partial charge in [-0.05, 0) is 31.2 Å². The van der Waals surface area contributed by atoms with E-state index in [0.29, 0.717) is 5.56 Å². The number of nitrogens with zero attached hydrogens (tertiary/aromatic N) is 4. The number of allylic oxidation sites excluding steroid dienone is 3. The minimum absolute atomic E-state index is 0.0199. The molecule has 0 radical (unpaired) electrons. The summed E-state index contributed by atoms with van der Waals surface area (Å²) >= 11 is 0. The summed E-state index contributed by atoms with van der Waals surface area (Å²) in [7, 11) is 1.96. The van der Waals surface area contributed by atoms with Gasteiger partial charge in [0.15, 0.2) is 0 Å². The monoisotopic (exact) mass is 431 g/mol. The lowest BCUT2D eigenvalue weighted by atomic mass is 9.95. The molecule has 1 fully saturated rings. The Morgan fingerprint density at radius 1 is 1.26 bits per heavy atom. The smallest absolute Gasteiger partial charge is 0.282 e. The molecule has 1 atom stereocenters. The van der Waals surface area contributed by atoms with E-state index in [9.17, 15) is 8.78 Å². The molecule has 1 unspecified atom stereocenters. The van der Waals surface area contributed by atoms with Gasteiger partial charge in [-0.2, -0.15) is 5.10 Å². The topological polar surface area (TPSA) is 59.4 Å². The summed E-state index contributed by atoms with van der Waals surface area (Å²) in [5, 5.41) is 4.28. The third-order valence-corrected chi connectivity index (χ3v) is 5.27. The second-order valence-corrected chi connectivity index (χ2v) is 7.83. The van der Waals surface area contributed by atoms with Crippen molar-refractivity contribution in [3.05, 3.63) is 60.4 Å². The molecule has 2 aliphatic heterocycles. The molecular formula is C24H35F2N5. The number of aromatic nitrogens is 2. The first-order valence-electron chi connectivity index (χ1n) is 11.0. The van der Waals surface area contributed by atoms with E-state index in [1.54, 1.807) is 17.1 Å². The van der Waals surface area contributed by atoms with Crippen molar-refractivity contribution in [1.29, 1.82) is 0 Å². The highest BCUT2D eigenvalue weighted by atomic mass is 19.3. The number of fused-ring (bicyclic) bond motifs is 1. The molecule has 1 aromatic heterocycles. The number of aliphatic imine (C=N–C) groups is 1. The van der Waals surface area contributed by atoms with Gasteiger partial charge in [-0.1, -0.05) is 52.2 Å². The molecule has 3 aliphatic rings. The summed E-state index contributed by atoms with van der Waals surface area (Å²) in [6.07, 6.45) is 16.7. The maximum absolute atomic E-state index is 13.7. The molecule has 0 aromatic carbocycles. The fourth-order valence-corrected chi connectivity index (χ4v) is 3.91. The fourth-order valence-electron chi connectivity index (χ4n) is 3.91. The maximum Gasteiger partial charge on any atom is 0.282 e. The van der Waals surface area contributed by atoms with Gasteiger partial charge < -0.3 is 10.6 Å². The van der Waals surface area contributed by atoms with E-state index < -0.39 is 6.43 Å². The summed E-state index contributed by atoms with van der Waals surface area (Å²) in [6.45, 7) is 7.39. The Bertz CT molecular complexity index is 829. The van der Waals surface area contributed by atoms with Crippen molar-refractivity contribution < 1.29 is 8.78 Å². The molecule has 4 rings (SSSR count). The van der Waals surface area contributed by atoms with Crippen LogP contribution in [0.1, 0.15) is 76.1 Å². The highest BCUT2D eigenvalue weighted by molar-refractivity contribution is 5.84. The van der Waals surface area contributed by atoms with Crippen molar-refractivity contribution in [2.24, 2.45) is 10.7 Å². The highest BCUT2D eigenvalue weighted by Gasteiger charge is 2.29. The summed E-state index contributed by atoms with van der Waals surface area (Å²) in [4.78, 5) is 6.50. The lowest BCUT2D eigenvalue weighted by molar-refractivity contribution is 0.143. The number of likely N-dealkylation sites (N-methyl/N-ethyl adjacent to an activating group) is 1. The molecule has 0 bridgehead atoms. The highest BCUT2D eigenvalue weighted by Crippen LogP contribution is 2.37. The lowest BCUT2D eigenvalue weighted by Gasteiger charge is -2.31. The molecule has 2 N–H and O–H groups in total. The molecule has 1 saturated carbocycles. The number of hydrogen-bond donors (Lipinski definition) is 1. The quantitative estimate of drug-likeness (QED) is 0.637. The molecule has 31 heavy (non-hydrogen) atoms. The molecule has 0 amide bonds. The van der Waals surface area contributed by atoms with E-state index in [1.807, 2.05) is 36.4 Å². The van der Waals surface area contributed by atoms with Crippen LogP contribution in [0.15, 0.2) is 54.1 Å². The van der Waals surface area contributed by atoms with Crippen molar-refractivity contribution in [3.8, 4) is 0 Å². The van der Waals surface area contributed by atoms with Crippen LogP contribution < -0.4 is 5.73 Å². The Hall–Kier alpha value is -2.70. The molecule has 5 nitrogen and oxygen atoms in total. The average molecular weight is 432 g/mol. The van der Waals surface area contributed by atoms with E-state index in [1.165, 1.54) is 19.0 Å². The van der Waals surface area contributed by atoms with Crippen molar-refractivity contribution >= 4 is 11.8 Å². The fraction of sp³-hybridized carbons (Fsp3) is 0.500. The SMILES string of the molecule is C=CN.CCC.CN1C=CC(c2cn(C3CCCCC3)nc2C(F)F)=C2N=CC=CC21. The zero-order valence-electron chi connectivity index (χ0n) is 18.8. The van der Waals surface area contributed by atoms with Crippen LogP contribution in [0.2, 0.25) is 0 Å². The van der Waals surface area contributed by atoms with Gasteiger partial charge in [-0.25, -0.2) is 8.78 Å². The van der Waals surface area contributed by atoms with E-state index in [2.05, 4.69) is 36.3 Å². The number of nitrogens with two attached hydrogens (primary N) is 1. The second-order valence-electron chi connectivity index (χ2n) is 7.83. The molecule has 170 valence electrons. The predicted molar refractivity (Wildman–Crippen MR) is 125 cm³/mol. The van der Waals surface area contributed by atoms with Gasteiger partial charge in [-0.15, -0.1) is 0 Å². The second kappa shape index (κ2) is 12.2. The largest absolute Gasteiger partial charge is 0.405 e. The molecule has 0 saturated heterocycles. The molecule has 1 aliphatic carbocycles. The van der Waals surface area contributed by atoms with E-state index in [0.717, 1.165) is 37.0 Å². The van der Waals surface area contributed by atoms with Crippen LogP contribution in [-0.4, -0.2) is 34.0 Å². The molecule has 1 aromatic rings. The van der Waals surface area contributed by atoms with Crippen LogP contribution in [0.3, 0.4) is 0 Å². The molecule has 0 spiro atoms. The lowest BCUT2D eigenvalue weighted by Crippen LogP contribution is -2.30. The predicted octanol–water partition coefficient (Wildman–Crippen LogP) is 6.01.